The van der Waals surface area contributed by atoms with Gasteiger partial charge >= 0.3 is 0 Å². The first-order chi connectivity index (χ1) is 16.0. The molecule has 7 nitrogen and oxygen atoms in total. The number of fused-ring (bicyclic) bond motifs is 2. The smallest absolute Gasteiger partial charge is 0.254 e. The Bertz CT molecular complexity index is 1260. The second-order valence-corrected chi connectivity index (χ2v) is 8.52. The highest BCUT2D eigenvalue weighted by Gasteiger charge is 2.21. The number of amides is 2. The summed E-state index contributed by atoms with van der Waals surface area (Å²) in [5.74, 6) is 0.0540. The summed E-state index contributed by atoms with van der Waals surface area (Å²) in [5, 5.41) is 0.834. The third-order valence-electron chi connectivity index (χ3n) is 6.47. The van der Waals surface area contributed by atoms with Crippen molar-refractivity contribution in [3.63, 3.8) is 0 Å². The highest BCUT2D eigenvalue weighted by atomic mass is 16.5. The lowest BCUT2D eigenvalue weighted by atomic mass is 9.92. The minimum Gasteiger partial charge on any atom is -0.378 e. The molecule has 2 aliphatic rings. The normalized spacial score (nSPS) is 15.9. The van der Waals surface area contributed by atoms with Gasteiger partial charge in [0.2, 0.25) is 5.91 Å². The van der Waals surface area contributed by atoms with Crippen LogP contribution in [0.5, 0.6) is 0 Å². The predicted octanol–water partition coefficient (Wildman–Crippen LogP) is 3.09. The molecule has 3 heterocycles. The first-order valence-electron chi connectivity index (χ1n) is 11.2. The van der Waals surface area contributed by atoms with Gasteiger partial charge in [-0.15, -0.1) is 0 Å². The summed E-state index contributed by atoms with van der Waals surface area (Å²) in [6.07, 6.45) is 1.53. The zero-order chi connectivity index (χ0) is 22.9. The van der Waals surface area contributed by atoms with Crippen LogP contribution in [0.15, 0.2) is 42.5 Å². The molecule has 1 aromatic heterocycles. The average Bonchev–Trinajstić information content (AvgIpc) is 2.87. The van der Waals surface area contributed by atoms with Crippen LogP contribution in [0.1, 0.15) is 38.9 Å². The number of carbonyl (C=O) groups is 3. The quantitative estimate of drug-likeness (QED) is 0.581. The van der Waals surface area contributed by atoms with Gasteiger partial charge in [-0.3, -0.25) is 14.4 Å². The molecule has 1 fully saturated rings. The summed E-state index contributed by atoms with van der Waals surface area (Å²) in [6.45, 7) is 5.15. The van der Waals surface area contributed by atoms with Crippen LogP contribution in [0.3, 0.4) is 0 Å². The molecule has 0 N–H and O–H groups in total. The minimum atomic E-state index is -0.0274. The Labute approximate surface area is 192 Å². The lowest BCUT2D eigenvalue weighted by molar-refractivity contribution is -0.129. The highest BCUT2D eigenvalue weighted by Crippen LogP contribution is 2.32. The molecule has 0 radical (unpaired) electrons. The van der Waals surface area contributed by atoms with E-state index >= 15 is 0 Å². The molecule has 33 heavy (non-hydrogen) atoms. The lowest BCUT2D eigenvalue weighted by Gasteiger charge is -2.28. The Morgan fingerprint density at radius 1 is 0.970 bits per heavy atom. The molecule has 7 heteroatoms. The molecule has 0 bridgehead atoms. The van der Waals surface area contributed by atoms with Crippen molar-refractivity contribution >= 4 is 29.0 Å². The van der Waals surface area contributed by atoms with E-state index in [1.54, 1.807) is 24.0 Å². The molecule has 3 aromatic rings. The number of morpholine rings is 1. The number of ether oxygens (including phenoxy) is 1. The van der Waals surface area contributed by atoms with Crippen LogP contribution in [0.4, 0.5) is 0 Å². The van der Waals surface area contributed by atoms with E-state index in [2.05, 4.69) is 17.1 Å². The van der Waals surface area contributed by atoms with Gasteiger partial charge in [0, 0.05) is 44.1 Å². The standard InChI is InChI=1S/C26H25N3O4/c1-17(31)29-7-6-18-12-19(2-3-21(18)15-29)23-14-22(16-30)27-25-5-4-20(13-24(23)25)26(32)28-8-10-33-11-9-28/h2-5,12-14,16H,6-11,15H2,1H3. The van der Waals surface area contributed by atoms with Crippen molar-refractivity contribution in [3.05, 3.63) is 64.8 Å². The molecule has 0 saturated carbocycles. The van der Waals surface area contributed by atoms with E-state index in [0.29, 0.717) is 56.2 Å². The SMILES string of the molecule is CC(=O)N1CCc2cc(-c3cc(C=O)nc4ccc(C(=O)N5CCOCC5)cc34)ccc2C1. The number of rotatable bonds is 3. The fourth-order valence-corrected chi connectivity index (χ4v) is 4.62. The van der Waals surface area contributed by atoms with Crippen LogP contribution in [0.25, 0.3) is 22.0 Å². The number of pyridine rings is 1. The molecule has 0 spiro atoms. The molecule has 2 aliphatic heterocycles. The number of carbonyl (C=O) groups excluding carboxylic acids is 3. The molecule has 0 aliphatic carbocycles. The van der Waals surface area contributed by atoms with Crippen molar-refractivity contribution in [3.8, 4) is 11.1 Å². The summed E-state index contributed by atoms with van der Waals surface area (Å²) < 4.78 is 5.36. The van der Waals surface area contributed by atoms with Gasteiger partial charge in [-0.1, -0.05) is 18.2 Å². The molecule has 5 rings (SSSR count). The number of aldehydes is 1. The van der Waals surface area contributed by atoms with Crippen LogP contribution in [-0.4, -0.2) is 65.7 Å². The second kappa shape index (κ2) is 8.75. The fraction of sp³-hybridized carbons (Fsp3) is 0.308. The van der Waals surface area contributed by atoms with Gasteiger partial charge in [-0.25, -0.2) is 4.98 Å². The zero-order valence-electron chi connectivity index (χ0n) is 18.5. The molecule has 168 valence electrons. The zero-order valence-corrected chi connectivity index (χ0v) is 18.5. The van der Waals surface area contributed by atoms with Crippen LogP contribution in [0.2, 0.25) is 0 Å². The molecule has 1 saturated heterocycles. The maximum Gasteiger partial charge on any atom is 0.254 e. The summed E-state index contributed by atoms with van der Waals surface area (Å²) in [7, 11) is 0. The van der Waals surface area contributed by atoms with Gasteiger partial charge in [0.15, 0.2) is 6.29 Å². The number of aromatic nitrogens is 1. The molecule has 2 aromatic carbocycles. The van der Waals surface area contributed by atoms with E-state index in [-0.39, 0.29) is 11.8 Å². The van der Waals surface area contributed by atoms with Gasteiger partial charge in [0.25, 0.3) is 5.91 Å². The molecule has 2 amide bonds. The Balaban J connectivity index is 1.57. The van der Waals surface area contributed by atoms with Crippen molar-refractivity contribution < 1.29 is 19.1 Å². The molecule has 0 atom stereocenters. The van der Waals surface area contributed by atoms with Crippen molar-refractivity contribution in [1.29, 1.82) is 0 Å². The van der Waals surface area contributed by atoms with E-state index in [1.165, 1.54) is 5.56 Å². The first-order valence-corrected chi connectivity index (χ1v) is 11.2. The Morgan fingerprint density at radius 2 is 1.79 bits per heavy atom. The van der Waals surface area contributed by atoms with Crippen LogP contribution in [-0.2, 0) is 22.5 Å². The molecule has 0 unspecified atom stereocenters. The van der Waals surface area contributed by atoms with Crippen molar-refractivity contribution in [2.24, 2.45) is 0 Å². The topological polar surface area (TPSA) is 79.8 Å². The minimum absolute atomic E-state index is 0.0274. The largest absolute Gasteiger partial charge is 0.378 e. The number of hydrogen-bond acceptors (Lipinski definition) is 5. The van der Waals surface area contributed by atoms with E-state index in [0.717, 1.165) is 34.8 Å². The predicted molar refractivity (Wildman–Crippen MR) is 124 cm³/mol. The van der Waals surface area contributed by atoms with Gasteiger partial charge < -0.3 is 14.5 Å². The van der Waals surface area contributed by atoms with E-state index in [4.69, 9.17) is 4.74 Å². The van der Waals surface area contributed by atoms with Gasteiger partial charge in [0.05, 0.1) is 18.7 Å². The molecular weight excluding hydrogens is 418 g/mol. The Hall–Kier alpha value is -3.58. The van der Waals surface area contributed by atoms with E-state index in [1.807, 2.05) is 23.1 Å². The second-order valence-electron chi connectivity index (χ2n) is 8.52. The maximum atomic E-state index is 13.1. The third kappa shape index (κ3) is 4.12. The summed E-state index contributed by atoms with van der Waals surface area (Å²) in [4.78, 5) is 44.5. The monoisotopic (exact) mass is 443 g/mol. The molecular formula is C26H25N3O4. The summed E-state index contributed by atoms with van der Waals surface area (Å²) in [6, 6.07) is 13.4. The van der Waals surface area contributed by atoms with Crippen LogP contribution >= 0.6 is 0 Å². The van der Waals surface area contributed by atoms with Gasteiger partial charge in [-0.05, 0) is 52.9 Å². The Kier molecular flexibility index (Phi) is 5.64. The number of benzene rings is 2. The maximum absolute atomic E-state index is 13.1. The fourth-order valence-electron chi connectivity index (χ4n) is 4.62. The Morgan fingerprint density at radius 3 is 2.55 bits per heavy atom. The van der Waals surface area contributed by atoms with E-state index in [9.17, 15) is 14.4 Å². The average molecular weight is 444 g/mol. The third-order valence-corrected chi connectivity index (χ3v) is 6.47. The van der Waals surface area contributed by atoms with Gasteiger partial charge in [0.1, 0.15) is 5.69 Å². The highest BCUT2D eigenvalue weighted by molar-refractivity contribution is 6.03. The van der Waals surface area contributed by atoms with Crippen molar-refractivity contribution in [2.75, 3.05) is 32.8 Å². The van der Waals surface area contributed by atoms with Crippen molar-refractivity contribution in [1.82, 2.24) is 14.8 Å². The summed E-state index contributed by atoms with van der Waals surface area (Å²) >= 11 is 0. The van der Waals surface area contributed by atoms with Gasteiger partial charge in [-0.2, -0.15) is 0 Å². The van der Waals surface area contributed by atoms with Crippen LogP contribution in [0, 0.1) is 0 Å². The van der Waals surface area contributed by atoms with Crippen LogP contribution < -0.4 is 0 Å². The van der Waals surface area contributed by atoms with E-state index < -0.39 is 0 Å². The number of hydrogen-bond donors (Lipinski definition) is 0. The lowest BCUT2D eigenvalue weighted by Crippen LogP contribution is -2.40. The number of nitrogens with zero attached hydrogens (tertiary/aromatic N) is 3. The first kappa shape index (κ1) is 21.3. The van der Waals surface area contributed by atoms with Crippen molar-refractivity contribution in [2.45, 2.75) is 19.9 Å². The summed E-state index contributed by atoms with van der Waals surface area (Å²) in [5.41, 5.74) is 5.80.